The molecule has 0 heterocycles. The first kappa shape index (κ1) is 12.3. The highest BCUT2D eigenvalue weighted by Crippen LogP contribution is 2.37. The Kier molecular flexibility index (Phi) is 4.38. The first-order valence-corrected chi connectivity index (χ1v) is 5.22. The van der Waals surface area contributed by atoms with Gasteiger partial charge in [0, 0.05) is 6.54 Å². The summed E-state index contributed by atoms with van der Waals surface area (Å²) in [6.45, 7) is 0.169. The topological polar surface area (TPSA) is 64.7 Å². The number of nitrogens with two attached hydrogens (primary N) is 1. The maximum atomic E-state index is 9.60. The van der Waals surface area contributed by atoms with Crippen molar-refractivity contribution < 1.29 is 14.6 Å². The van der Waals surface area contributed by atoms with Crippen LogP contribution in [0.15, 0.2) is 16.6 Å². The minimum atomic E-state index is -0.693. The molecule has 0 aliphatic rings. The van der Waals surface area contributed by atoms with Gasteiger partial charge in [-0.15, -0.1) is 0 Å². The van der Waals surface area contributed by atoms with E-state index in [4.69, 9.17) is 15.2 Å². The Hall–Kier alpha value is -0.780. The van der Waals surface area contributed by atoms with Crippen molar-refractivity contribution in [3.63, 3.8) is 0 Å². The lowest BCUT2D eigenvalue weighted by molar-refractivity contribution is 0.186. The molecule has 15 heavy (non-hydrogen) atoms. The van der Waals surface area contributed by atoms with Crippen molar-refractivity contribution in [3.8, 4) is 11.5 Å². The number of aliphatic hydroxyl groups excluding tert-OH is 1. The molecule has 0 saturated carbocycles. The molecule has 3 N–H and O–H groups in total. The van der Waals surface area contributed by atoms with Crippen molar-refractivity contribution in [2.75, 3.05) is 20.8 Å². The fraction of sp³-hybridized carbons (Fsp3) is 0.400. The number of ether oxygens (including phenoxy) is 2. The zero-order valence-corrected chi connectivity index (χ0v) is 10.2. The van der Waals surface area contributed by atoms with Gasteiger partial charge in [-0.05, 0) is 33.6 Å². The van der Waals surface area contributed by atoms with Crippen LogP contribution in [0.5, 0.6) is 11.5 Å². The van der Waals surface area contributed by atoms with E-state index in [1.54, 1.807) is 26.4 Å². The third-order valence-electron chi connectivity index (χ3n) is 2.06. The predicted molar refractivity (Wildman–Crippen MR) is 61.3 cm³/mol. The zero-order chi connectivity index (χ0) is 11.4. The van der Waals surface area contributed by atoms with Gasteiger partial charge in [-0.2, -0.15) is 0 Å². The van der Waals surface area contributed by atoms with Crippen LogP contribution in [0, 0.1) is 0 Å². The molecule has 0 spiro atoms. The Morgan fingerprint density at radius 2 is 2.07 bits per heavy atom. The largest absolute Gasteiger partial charge is 0.493 e. The van der Waals surface area contributed by atoms with E-state index in [0.717, 1.165) is 4.47 Å². The second kappa shape index (κ2) is 5.34. The van der Waals surface area contributed by atoms with Crippen molar-refractivity contribution in [2.45, 2.75) is 6.10 Å². The molecule has 0 bridgehead atoms. The molecule has 4 nitrogen and oxygen atoms in total. The lowest BCUT2D eigenvalue weighted by atomic mass is 10.1. The molecule has 1 rings (SSSR count). The normalized spacial score (nSPS) is 12.3. The van der Waals surface area contributed by atoms with Crippen molar-refractivity contribution in [3.05, 3.63) is 22.2 Å². The first-order valence-electron chi connectivity index (χ1n) is 4.43. The Bertz CT molecular complexity index is 344. The molecule has 1 aromatic carbocycles. The lowest BCUT2D eigenvalue weighted by Gasteiger charge is -2.14. The van der Waals surface area contributed by atoms with Crippen molar-refractivity contribution in [1.82, 2.24) is 0 Å². The van der Waals surface area contributed by atoms with Crippen LogP contribution in [0.25, 0.3) is 0 Å². The van der Waals surface area contributed by atoms with Gasteiger partial charge in [0.25, 0.3) is 0 Å². The van der Waals surface area contributed by atoms with Crippen molar-refractivity contribution >= 4 is 15.9 Å². The van der Waals surface area contributed by atoms with Crippen LogP contribution in [0.3, 0.4) is 0 Å². The summed E-state index contributed by atoms with van der Waals surface area (Å²) in [7, 11) is 3.10. The Labute approximate surface area is 97.1 Å². The number of hydrogen-bond acceptors (Lipinski definition) is 4. The smallest absolute Gasteiger partial charge is 0.174 e. The van der Waals surface area contributed by atoms with Gasteiger partial charge < -0.3 is 20.3 Å². The van der Waals surface area contributed by atoms with Crippen LogP contribution in [-0.4, -0.2) is 25.9 Å². The van der Waals surface area contributed by atoms with E-state index in [1.165, 1.54) is 0 Å². The van der Waals surface area contributed by atoms with Crippen LogP contribution in [0.2, 0.25) is 0 Å². The van der Waals surface area contributed by atoms with Gasteiger partial charge in [-0.25, -0.2) is 0 Å². The van der Waals surface area contributed by atoms with E-state index in [-0.39, 0.29) is 6.54 Å². The maximum Gasteiger partial charge on any atom is 0.174 e. The van der Waals surface area contributed by atoms with Gasteiger partial charge in [0.05, 0.1) is 24.8 Å². The number of benzene rings is 1. The molecule has 1 atom stereocenters. The highest BCUT2D eigenvalue weighted by Gasteiger charge is 2.14. The molecule has 0 amide bonds. The van der Waals surface area contributed by atoms with E-state index in [1.807, 2.05) is 0 Å². The standard InChI is InChI=1S/C10H14BrNO3/c1-14-9-4-6(8(13)5-12)3-7(11)10(9)15-2/h3-4,8,13H,5,12H2,1-2H3/t8-/m1/s1. The monoisotopic (exact) mass is 275 g/mol. The average Bonchev–Trinajstić information content (AvgIpc) is 2.26. The number of halogens is 1. The molecule has 5 heteroatoms. The predicted octanol–water partition coefficient (Wildman–Crippen LogP) is 1.46. The van der Waals surface area contributed by atoms with Gasteiger partial charge in [0.2, 0.25) is 0 Å². The lowest BCUT2D eigenvalue weighted by Crippen LogP contribution is -2.11. The van der Waals surface area contributed by atoms with Gasteiger partial charge in [-0.1, -0.05) is 0 Å². The third kappa shape index (κ3) is 2.62. The zero-order valence-electron chi connectivity index (χ0n) is 8.66. The molecule has 0 aliphatic heterocycles. The highest BCUT2D eigenvalue weighted by atomic mass is 79.9. The van der Waals surface area contributed by atoms with Gasteiger partial charge >= 0.3 is 0 Å². The second-order valence-corrected chi connectivity index (χ2v) is 3.84. The van der Waals surface area contributed by atoms with E-state index >= 15 is 0 Å². The van der Waals surface area contributed by atoms with Gasteiger partial charge in [0.15, 0.2) is 11.5 Å². The molecule has 0 aliphatic carbocycles. The van der Waals surface area contributed by atoms with E-state index < -0.39 is 6.10 Å². The third-order valence-corrected chi connectivity index (χ3v) is 2.65. The van der Waals surface area contributed by atoms with Crippen LogP contribution >= 0.6 is 15.9 Å². The minimum Gasteiger partial charge on any atom is -0.493 e. The molecule has 0 saturated heterocycles. The Balaban J connectivity index is 3.19. The number of aliphatic hydroxyl groups is 1. The van der Waals surface area contributed by atoms with E-state index in [9.17, 15) is 5.11 Å². The summed E-state index contributed by atoms with van der Waals surface area (Å²) in [6.07, 6.45) is -0.693. The molecule has 0 aromatic heterocycles. The van der Waals surface area contributed by atoms with E-state index in [0.29, 0.717) is 17.1 Å². The first-order chi connectivity index (χ1) is 7.13. The van der Waals surface area contributed by atoms with E-state index in [2.05, 4.69) is 15.9 Å². The molecule has 1 aromatic rings. The summed E-state index contributed by atoms with van der Waals surface area (Å²) in [5.41, 5.74) is 6.08. The van der Waals surface area contributed by atoms with Crippen molar-refractivity contribution in [2.24, 2.45) is 5.73 Å². The minimum absolute atomic E-state index is 0.169. The molecular formula is C10H14BrNO3. The Morgan fingerprint density at radius 1 is 1.40 bits per heavy atom. The SMILES string of the molecule is COc1cc([C@H](O)CN)cc(Br)c1OC. The maximum absolute atomic E-state index is 9.60. The number of rotatable bonds is 4. The molecule has 84 valence electrons. The number of hydrogen-bond donors (Lipinski definition) is 2. The highest BCUT2D eigenvalue weighted by molar-refractivity contribution is 9.10. The van der Waals surface area contributed by atoms with Crippen LogP contribution in [0.1, 0.15) is 11.7 Å². The summed E-state index contributed by atoms with van der Waals surface area (Å²) in [5, 5.41) is 9.60. The van der Waals surface area contributed by atoms with Gasteiger partial charge in [-0.3, -0.25) is 0 Å². The van der Waals surface area contributed by atoms with Crippen LogP contribution in [-0.2, 0) is 0 Å². The fourth-order valence-electron chi connectivity index (χ4n) is 1.27. The summed E-state index contributed by atoms with van der Waals surface area (Å²) in [5.74, 6) is 1.17. The second-order valence-electron chi connectivity index (χ2n) is 2.99. The molecule has 0 fully saturated rings. The van der Waals surface area contributed by atoms with Crippen molar-refractivity contribution in [1.29, 1.82) is 0 Å². The molecular weight excluding hydrogens is 262 g/mol. The average molecular weight is 276 g/mol. The Morgan fingerprint density at radius 3 is 2.53 bits per heavy atom. The summed E-state index contributed by atoms with van der Waals surface area (Å²) >= 11 is 3.34. The van der Waals surface area contributed by atoms with Crippen LogP contribution < -0.4 is 15.2 Å². The quantitative estimate of drug-likeness (QED) is 0.873. The number of methoxy groups -OCH3 is 2. The molecule has 0 unspecified atom stereocenters. The summed E-state index contributed by atoms with van der Waals surface area (Å²) in [4.78, 5) is 0. The van der Waals surface area contributed by atoms with Gasteiger partial charge in [0.1, 0.15) is 0 Å². The van der Waals surface area contributed by atoms with Crippen LogP contribution in [0.4, 0.5) is 0 Å². The summed E-state index contributed by atoms with van der Waals surface area (Å²) in [6, 6.07) is 3.47. The summed E-state index contributed by atoms with van der Waals surface area (Å²) < 4.78 is 11.0. The fourth-order valence-corrected chi connectivity index (χ4v) is 1.89. The molecule has 0 radical (unpaired) electrons.